The molecule has 76 heavy (non-hydrogen) atoms. The Labute approximate surface area is 460 Å². The van der Waals surface area contributed by atoms with Crippen molar-refractivity contribution in [3.63, 3.8) is 0 Å². The van der Waals surface area contributed by atoms with E-state index < -0.39 is 29.9 Å². The van der Waals surface area contributed by atoms with Gasteiger partial charge in [-0.15, -0.1) is 0 Å². The Bertz CT molecular complexity index is 2630. The number of amides is 2. The summed E-state index contributed by atoms with van der Waals surface area (Å²) in [6.45, 7) is 4.98. The van der Waals surface area contributed by atoms with Crippen molar-refractivity contribution in [1.29, 1.82) is 0 Å². The van der Waals surface area contributed by atoms with Gasteiger partial charge in [-0.2, -0.15) is 0 Å². The first-order valence-electron chi connectivity index (χ1n) is 26.5. The molecule has 0 bridgehead atoms. The Morgan fingerprint density at radius 3 is 1.12 bits per heavy atom. The van der Waals surface area contributed by atoms with Crippen molar-refractivity contribution in [3.8, 4) is 0 Å². The molecule has 0 spiro atoms. The molecular weight excluding hydrogens is 948 g/mol. The molecule has 0 saturated carbocycles. The van der Waals surface area contributed by atoms with Gasteiger partial charge in [0.15, 0.2) is 0 Å². The number of carbonyl (C=O) groups is 4. The van der Waals surface area contributed by atoms with E-state index in [4.69, 9.17) is 4.74 Å². The van der Waals surface area contributed by atoms with E-state index in [-0.39, 0.29) is 59.7 Å². The molecule has 0 aliphatic carbocycles. The molecule has 394 valence electrons. The average molecular weight is 1020 g/mol. The normalized spacial score (nSPS) is 21.8. The second-order valence-corrected chi connectivity index (χ2v) is 20.3. The maximum atomic E-state index is 14.2. The minimum absolute atomic E-state index is 0. The van der Waals surface area contributed by atoms with E-state index in [9.17, 15) is 24.3 Å². The molecule has 13 heteroatoms. The molecule has 2 amide bonds. The number of esters is 1. The Kier molecular flexibility index (Phi) is 22.2. The Balaban J connectivity index is 0.000000237. The topological polar surface area (TPSA) is 172 Å². The number of carboxylic acid groups (broad SMARTS) is 1. The molecule has 6 atom stereocenters. The standard InChI is InChI=1S/C32H36N2O3.C31H34N2O3.Li.2H2O/c1-37-32(36)29-22-28(33-20-11-18-27(23-33)24-12-5-2-6-13-24)19-21-34(29)31(35)30(25-14-7-3-8-15-25)26-16-9-4-10-17-26;34-30(29(24-13-6-2-7-14-24)25-15-8-3-9-16-25)33-20-18-27(21-28(33)31(35)36)32-19-10-17-26(22-32)23-11-4-1-5-12-23;;;/h2-10,12-17,27-30H,11,18-23H2,1H3;1-9,11-16,26-29H,10,17-22H2,(H,35,36);;2*1H2/q;;+1;;/p-1/t27-,28-,29-;26-,27-,28-;;;/m00.../s1. The second kappa shape index (κ2) is 28.7. The number of hydrogen-bond acceptors (Lipinski definition) is 8. The van der Waals surface area contributed by atoms with Crippen molar-refractivity contribution in [2.24, 2.45) is 0 Å². The van der Waals surface area contributed by atoms with Gasteiger partial charge >= 0.3 is 30.8 Å². The molecule has 4 N–H and O–H groups in total. The number of piperidine rings is 4. The van der Waals surface area contributed by atoms with Crippen LogP contribution in [0.3, 0.4) is 0 Å². The van der Waals surface area contributed by atoms with Gasteiger partial charge in [0, 0.05) is 38.3 Å². The van der Waals surface area contributed by atoms with E-state index in [2.05, 4.69) is 64.4 Å². The van der Waals surface area contributed by atoms with Gasteiger partial charge < -0.3 is 30.6 Å². The molecule has 0 radical (unpaired) electrons. The Morgan fingerprint density at radius 1 is 0.474 bits per heavy atom. The summed E-state index contributed by atoms with van der Waals surface area (Å²) < 4.78 is 5.24. The summed E-state index contributed by atoms with van der Waals surface area (Å²) in [5, 5.41) is 10.2. The minimum Gasteiger partial charge on any atom is -0.870 e. The maximum absolute atomic E-state index is 14.2. The molecule has 0 aromatic heterocycles. The first-order chi connectivity index (χ1) is 35.8. The number of carbonyl (C=O) groups excluding carboxylic acids is 3. The summed E-state index contributed by atoms with van der Waals surface area (Å²) in [6.07, 6.45) is 7.34. The average Bonchev–Trinajstić information content (AvgIpc) is 3.47. The van der Waals surface area contributed by atoms with Gasteiger partial charge in [-0.1, -0.05) is 182 Å². The molecular formula is C63H73LiN4O8. The first kappa shape index (κ1) is 58.9. The van der Waals surface area contributed by atoms with Crippen molar-refractivity contribution in [3.05, 3.63) is 215 Å². The van der Waals surface area contributed by atoms with Crippen LogP contribution in [-0.2, 0) is 23.9 Å². The zero-order valence-electron chi connectivity index (χ0n) is 44.1. The van der Waals surface area contributed by atoms with E-state index in [0.717, 1.165) is 80.5 Å². The fourth-order valence-electron chi connectivity index (χ4n) is 12.2. The third-order valence-corrected chi connectivity index (χ3v) is 16.0. The smallest absolute Gasteiger partial charge is 0.870 e. The Morgan fingerprint density at radius 2 is 0.789 bits per heavy atom. The number of carboxylic acids is 1. The summed E-state index contributed by atoms with van der Waals surface area (Å²) in [4.78, 5) is 62.1. The number of ether oxygens (including phenoxy) is 1. The van der Waals surface area contributed by atoms with E-state index in [1.807, 2.05) is 127 Å². The van der Waals surface area contributed by atoms with Gasteiger partial charge in [-0.3, -0.25) is 19.4 Å². The van der Waals surface area contributed by atoms with Crippen LogP contribution in [0.5, 0.6) is 0 Å². The SMILES string of the molecule is COC(=O)[C@@H]1C[C@@H](N2CCC[C@H](c3ccccc3)C2)CCN1C(=O)C(c1ccccc1)c1ccccc1.O.O=C(O)[C@@H]1C[C@@H](N2CCC[C@H](c3ccccc3)C2)CCN1C(=O)C(c1ccccc1)c1ccccc1.[Li+].[OH-]. The second-order valence-electron chi connectivity index (χ2n) is 20.3. The molecule has 4 aliphatic rings. The number of likely N-dealkylation sites (tertiary alicyclic amines) is 4. The molecule has 6 aromatic carbocycles. The molecule has 0 unspecified atom stereocenters. The summed E-state index contributed by atoms with van der Waals surface area (Å²) in [5.41, 5.74) is 6.40. The van der Waals surface area contributed by atoms with Gasteiger partial charge in [0.2, 0.25) is 11.8 Å². The first-order valence-corrected chi connectivity index (χ1v) is 26.5. The van der Waals surface area contributed by atoms with Crippen LogP contribution in [0.1, 0.15) is 108 Å². The number of rotatable bonds is 12. The van der Waals surface area contributed by atoms with Crippen molar-refractivity contribution in [2.45, 2.75) is 99.2 Å². The van der Waals surface area contributed by atoms with Crippen LogP contribution in [0.2, 0.25) is 0 Å². The summed E-state index contributed by atoms with van der Waals surface area (Å²) in [5.74, 6) is -1.38. The van der Waals surface area contributed by atoms with Crippen LogP contribution in [0.25, 0.3) is 0 Å². The van der Waals surface area contributed by atoms with E-state index >= 15 is 0 Å². The van der Waals surface area contributed by atoms with Crippen LogP contribution in [0.4, 0.5) is 0 Å². The minimum atomic E-state index is -0.912. The molecule has 6 aromatic rings. The number of methoxy groups -OCH3 is 1. The largest absolute Gasteiger partial charge is 1.00 e. The molecule has 4 heterocycles. The van der Waals surface area contributed by atoms with Crippen molar-refractivity contribution < 1.29 is 58.8 Å². The fraction of sp³-hybridized carbons (Fsp3) is 0.365. The van der Waals surface area contributed by atoms with Gasteiger partial charge in [-0.25, -0.2) is 9.59 Å². The predicted molar refractivity (Wildman–Crippen MR) is 292 cm³/mol. The van der Waals surface area contributed by atoms with Crippen LogP contribution in [-0.4, -0.2) is 130 Å². The van der Waals surface area contributed by atoms with Crippen LogP contribution in [0.15, 0.2) is 182 Å². The molecule has 4 fully saturated rings. The molecule has 4 saturated heterocycles. The van der Waals surface area contributed by atoms with E-state index in [1.54, 1.807) is 9.80 Å². The van der Waals surface area contributed by atoms with Crippen molar-refractivity contribution in [2.75, 3.05) is 46.4 Å². The fourth-order valence-corrected chi connectivity index (χ4v) is 12.2. The van der Waals surface area contributed by atoms with Gasteiger partial charge in [0.05, 0.1) is 18.9 Å². The monoisotopic (exact) mass is 1020 g/mol. The Hall–Kier alpha value is -6.36. The quantitative estimate of drug-likeness (QED) is 0.108. The zero-order chi connectivity index (χ0) is 50.5. The summed E-state index contributed by atoms with van der Waals surface area (Å²) >= 11 is 0. The number of nitrogens with zero attached hydrogens (tertiary/aromatic N) is 4. The van der Waals surface area contributed by atoms with Gasteiger partial charge in [0.1, 0.15) is 12.1 Å². The third-order valence-electron chi connectivity index (χ3n) is 16.0. The maximum Gasteiger partial charge on any atom is 1.00 e. The zero-order valence-corrected chi connectivity index (χ0v) is 44.1. The van der Waals surface area contributed by atoms with Crippen molar-refractivity contribution >= 4 is 23.8 Å². The third kappa shape index (κ3) is 14.2. The van der Waals surface area contributed by atoms with Gasteiger partial charge in [-0.05, 0) is 110 Å². The number of hydrogen-bond donors (Lipinski definition) is 1. The summed E-state index contributed by atoms with van der Waals surface area (Å²) in [6, 6.07) is 59.5. The number of benzene rings is 6. The summed E-state index contributed by atoms with van der Waals surface area (Å²) in [7, 11) is 1.42. The predicted octanol–water partition coefficient (Wildman–Crippen LogP) is 6.38. The van der Waals surface area contributed by atoms with E-state index in [0.29, 0.717) is 37.8 Å². The molecule has 10 rings (SSSR count). The molecule has 4 aliphatic heterocycles. The van der Waals surface area contributed by atoms with Crippen molar-refractivity contribution in [1.82, 2.24) is 19.6 Å². The van der Waals surface area contributed by atoms with Crippen LogP contribution in [0, 0.1) is 0 Å². The number of aliphatic carboxylic acids is 1. The molecule has 12 nitrogen and oxygen atoms in total. The van der Waals surface area contributed by atoms with Crippen LogP contribution >= 0.6 is 0 Å². The van der Waals surface area contributed by atoms with E-state index in [1.165, 1.54) is 24.7 Å². The van der Waals surface area contributed by atoms with Gasteiger partial charge in [0.25, 0.3) is 0 Å². The van der Waals surface area contributed by atoms with Crippen LogP contribution < -0.4 is 18.9 Å².